The van der Waals surface area contributed by atoms with E-state index in [-0.39, 0.29) is 0 Å². The van der Waals surface area contributed by atoms with E-state index in [0.717, 1.165) is 12.0 Å². The average molecular weight is 112 g/mol. The summed E-state index contributed by atoms with van der Waals surface area (Å²) in [7, 11) is 1.76. The first-order chi connectivity index (χ1) is 3.81. The number of hydrazone groups is 1. The number of hydrogen-bond donors (Lipinski definition) is 1. The molecule has 0 saturated carbocycles. The first-order valence-corrected chi connectivity index (χ1v) is 2.68. The molecule has 0 aliphatic heterocycles. The fraction of sp³-hybridized carbons (Fsp3) is 0.500. The maximum atomic E-state index is 3.77. The third-order valence-corrected chi connectivity index (χ3v) is 0.830. The monoisotopic (exact) mass is 112 g/mol. The molecule has 1 N–H and O–H groups in total. The van der Waals surface area contributed by atoms with Crippen molar-refractivity contribution in [2.45, 2.75) is 13.3 Å². The van der Waals surface area contributed by atoms with Crippen molar-refractivity contribution in [1.82, 2.24) is 5.43 Å². The molecule has 0 saturated heterocycles. The van der Waals surface area contributed by atoms with Crippen molar-refractivity contribution in [1.29, 1.82) is 0 Å². The SMILES string of the molecule is C=C(/C=N\NC)CC. The standard InChI is InChI=1S/C6H12N2/c1-4-6(2)5-8-7-3/h5,7H,2,4H2,1,3H3/b8-5-. The lowest BCUT2D eigenvalue weighted by Gasteiger charge is -1.88. The lowest BCUT2D eigenvalue weighted by Crippen LogP contribution is -1.94. The number of nitrogens with zero attached hydrogens (tertiary/aromatic N) is 1. The lowest BCUT2D eigenvalue weighted by molar-refractivity contribution is 0.905. The van der Waals surface area contributed by atoms with Gasteiger partial charge in [-0.25, -0.2) is 0 Å². The van der Waals surface area contributed by atoms with Gasteiger partial charge in [-0.2, -0.15) is 5.10 Å². The van der Waals surface area contributed by atoms with Gasteiger partial charge in [0, 0.05) is 13.3 Å². The van der Waals surface area contributed by atoms with Gasteiger partial charge in [0.2, 0.25) is 0 Å². The highest BCUT2D eigenvalue weighted by Gasteiger charge is 1.78. The Morgan fingerprint density at radius 2 is 2.50 bits per heavy atom. The van der Waals surface area contributed by atoms with Gasteiger partial charge >= 0.3 is 0 Å². The van der Waals surface area contributed by atoms with Gasteiger partial charge in [-0.1, -0.05) is 13.5 Å². The molecule has 0 aromatic heterocycles. The van der Waals surface area contributed by atoms with Crippen LogP contribution in [0, 0.1) is 0 Å². The smallest absolute Gasteiger partial charge is 0.0493 e. The molecule has 0 aliphatic rings. The molecule has 0 heterocycles. The molecule has 0 aliphatic carbocycles. The Bertz CT molecular complexity index is 94.7. The molecule has 2 heteroatoms. The molecule has 0 aromatic carbocycles. The topological polar surface area (TPSA) is 24.4 Å². The van der Waals surface area contributed by atoms with Crippen molar-refractivity contribution in [3.8, 4) is 0 Å². The largest absolute Gasteiger partial charge is 0.313 e. The summed E-state index contributed by atoms with van der Waals surface area (Å²) in [6.45, 7) is 5.77. The fourth-order valence-electron chi connectivity index (χ4n) is 0.247. The van der Waals surface area contributed by atoms with Crippen molar-refractivity contribution < 1.29 is 0 Å². The first-order valence-electron chi connectivity index (χ1n) is 2.68. The summed E-state index contributed by atoms with van der Waals surface area (Å²) in [5.74, 6) is 0. The van der Waals surface area contributed by atoms with Gasteiger partial charge in [0.15, 0.2) is 0 Å². The molecule has 0 fully saturated rings. The van der Waals surface area contributed by atoms with Crippen LogP contribution >= 0.6 is 0 Å². The van der Waals surface area contributed by atoms with E-state index in [0.29, 0.717) is 0 Å². The molecule has 0 aromatic rings. The summed E-state index contributed by atoms with van der Waals surface area (Å²) in [4.78, 5) is 0. The summed E-state index contributed by atoms with van der Waals surface area (Å²) in [5.41, 5.74) is 3.68. The molecule has 2 nitrogen and oxygen atoms in total. The van der Waals surface area contributed by atoms with E-state index in [2.05, 4.69) is 17.1 Å². The summed E-state index contributed by atoms with van der Waals surface area (Å²) >= 11 is 0. The first kappa shape index (κ1) is 7.21. The van der Waals surface area contributed by atoms with Crippen LogP contribution in [-0.2, 0) is 0 Å². The van der Waals surface area contributed by atoms with Crippen molar-refractivity contribution in [3.63, 3.8) is 0 Å². The van der Waals surface area contributed by atoms with E-state index in [4.69, 9.17) is 0 Å². The van der Waals surface area contributed by atoms with Crippen molar-refractivity contribution in [3.05, 3.63) is 12.2 Å². The van der Waals surface area contributed by atoms with E-state index in [1.165, 1.54) is 0 Å². The highest BCUT2D eigenvalue weighted by molar-refractivity contribution is 5.77. The minimum absolute atomic E-state index is 0.963. The third kappa shape index (κ3) is 3.40. The summed E-state index contributed by atoms with van der Waals surface area (Å²) < 4.78 is 0. The minimum atomic E-state index is 0.963. The van der Waals surface area contributed by atoms with E-state index in [1.807, 2.05) is 6.92 Å². The molecule has 0 rings (SSSR count). The van der Waals surface area contributed by atoms with Gasteiger partial charge in [0.1, 0.15) is 0 Å². The molecule has 8 heavy (non-hydrogen) atoms. The van der Waals surface area contributed by atoms with Crippen molar-refractivity contribution in [2.75, 3.05) is 7.05 Å². The predicted molar refractivity (Wildman–Crippen MR) is 37.0 cm³/mol. The summed E-state index contributed by atoms with van der Waals surface area (Å²) in [5, 5.41) is 3.77. The molecule has 46 valence electrons. The zero-order chi connectivity index (χ0) is 6.41. The average Bonchev–Trinajstić information content (AvgIpc) is 1.83. The van der Waals surface area contributed by atoms with Crippen molar-refractivity contribution in [2.24, 2.45) is 5.10 Å². The number of hydrogen-bond acceptors (Lipinski definition) is 2. The van der Waals surface area contributed by atoms with E-state index in [1.54, 1.807) is 13.3 Å². The van der Waals surface area contributed by atoms with Crippen LogP contribution in [0.4, 0.5) is 0 Å². The minimum Gasteiger partial charge on any atom is -0.313 e. The molecule has 0 atom stereocenters. The van der Waals surface area contributed by atoms with E-state index < -0.39 is 0 Å². The van der Waals surface area contributed by atoms with Crippen LogP contribution in [0.5, 0.6) is 0 Å². The fourth-order valence-corrected chi connectivity index (χ4v) is 0.247. The Morgan fingerprint density at radius 3 is 2.88 bits per heavy atom. The van der Waals surface area contributed by atoms with Gasteiger partial charge < -0.3 is 5.43 Å². The van der Waals surface area contributed by atoms with E-state index >= 15 is 0 Å². The molecule has 0 spiro atoms. The van der Waals surface area contributed by atoms with Crippen LogP contribution in [0.25, 0.3) is 0 Å². The molecule has 0 unspecified atom stereocenters. The molecule has 0 bridgehead atoms. The second-order valence-electron chi connectivity index (χ2n) is 1.49. The Kier molecular flexibility index (Phi) is 3.94. The maximum Gasteiger partial charge on any atom is 0.0493 e. The molecular weight excluding hydrogens is 100 g/mol. The van der Waals surface area contributed by atoms with Crippen LogP contribution < -0.4 is 5.43 Å². The Balaban J connectivity index is 3.37. The Morgan fingerprint density at radius 1 is 1.88 bits per heavy atom. The van der Waals surface area contributed by atoms with Crippen LogP contribution in [0.15, 0.2) is 17.3 Å². The Labute approximate surface area is 50.3 Å². The highest BCUT2D eigenvalue weighted by atomic mass is 15.3. The lowest BCUT2D eigenvalue weighted by atomic mass is 10.3. The number of allylic oxidation sites excluding steroid dienone is 1. The van der Waals surface area contributed by atoms with Crippen molar-refractivity contribution >= 4 is 6.21 Å². The highest BCUT2D eigenvalue weighted by Crippen LogP contribution is 1.88. The molecule has 0 amide bonds. The van der Waals surface area contributed by atoms with Gasteiger partial charge in [-0.05, 0) is 12.0 Å². The van der Waals surface area contributed by atoms with E-state index in [9.17, 15) is 0 Å². The normalized spacial score (nSPS) is 9.75. The summed E-state index contributed by atoms with van der Waals surface area (Å²) in [6.07, 6.45) is 2.69. The van der Waals surface area contributed by atoms with Crippen LogP contribution in [-0.4, -0.2) is 13.3 Å². The second-order valence-corrected chi connectivity index (χ2v) is 1.49. The predicted octanol–water partition coefficient (Wildman–Crippen LogP) is 1.16. The van der Waals surface area contributed by atoms with Crippen LogP contribution in [0.1, 0.15) is 13.3 Å². The van der Waals surface area contributed by atoms with Gasteiger partial charge in [-0.3, -0.25) is 0 Å². The van der Waals surface area contributed by atoms with Gasteiger partial charge in [0.05, 0.1) is 0 Å². The maximum absolute atomic E-state index is 3.77. The number of rotatable bonds is 3. The zero-order valence-electron chi connectivity index (χ0n) is 5.44. The molecular formula is C6H12N2. The van der Waals surface area contributed by atoms with Crippen LogP contribution in [0.2, 0.25) is 0 Å². The quantitative estimate of drug-likeness (QED) is 0.430. The molecule has 0 radical (unpaired) electrons. The second kappa shape index (κ2) is 4.37. The van der Waals surface area contributed by atoms with Crippen LogP contribution in [0.3, 0.4) is 0 Å². The van der Waals surface area contributed by atoms with Gasteiger partial charge in [-0.15, -0.1) is 0 Å². The third-order valence-electron chi connectivity index (χ3n) is 0.830. The van der Waals surface area contributed by atoms with Gasteiger partial charge in [0.25, 0.3) is 0 Å². The Hall–Kier alpha value is -0.790. The summed E-state index contributed by atoms with van der Waals surface area (Å²) in [6, 6.07) is 0. The number of nitrogens with one attached hydrogen (secondary N) is 1. The zero-order valence-corrected chi connectivity index (χ0v) is 5.44.